The minimum absolute atomic E-state index is 0.219. The van der Waals surface area contributed by atoms with Crippen LogP contribution in [-0.2, 0) is 6.42 Å². The highest BCUT2D eigenvalue weighted by Gasteiger charge is 2.22. The maximum Gasteiger partial charge on any atom is 0.343 e. The van der Waals surface area contributed by atoms with E-state index in [1.165, 1.54) is 0 Å². The molecule has 0 aromatic heterocycles. The highest BCUT2D eigenvalue weighted by molar-refractivity contribution is 5.93. The molecule has 0 amide bonds. The minimum atomic E-state index is -0.499. The van der Waals surface area contributed by atoms with E-state index < -0.39 is 5.97 Å². The van der Waals surface area contributed by atoms with Crippen molar-refractivity contribution in [1.29, 1.82) is 0 Å². The van der Waals surface area contributed by atoms with Gasteiger partial charge in [0.1, 0.15) is 0 Å². The van der Waals surface area contributed by atoms with Crippen molar-refractivity contribution in [2.75, 3.05) is 6.61 Å². The Labute approximate surface area is 122 Å². The fourth-order valence-corrected chi connectivity index (χ4v) is 2.33. The Balaban J connectivity index is 1.97. The molecule has 0 spiro atoms. The van der Waals surface area contributed by atoms with Crippen LogP contribution >= 0.6 is 0 Å². The highest BCUT2D eigenvalue weighted by Crippen LogP contribution is 2.37. The lowest BCUT2D eigenvalue weighted by molar-refractivity contribution is 0.0725. The quantitative estimate of drug-likeness (QED) is 0.493. The zero-order valence-electron chi connectivity index (χ0n) is 11.4. The van der Waals surface area contributed by atoms with Crippen LogP contribution in [-0.4, -0.2) is 18.9 Å². The first-order valence-corrected chi connectivity index (χ1v) is 6.80. The highest BCUT2D eigenvalue weighted by atomic mass is 16.6. The molecule has 0 saturated carbocycles. The Morgan fingerprint density at radius 1 is 1.14 bits per heavy atom. The van der Waals surface area contributed by atoms with E-state index in [2.05, 4.69) is 0 Å². The van der Waals surface area contributed by atoms with Crippen molar-refractivity contribution in [2.45, 2.75) is 12.8 Å². The molecule has 0 atom stereocenters. The first kappa shape index (κ1) is 13.4. The van der Waals surface area contributed by atoms with Gasteiger partial charge in [-0.2, -0.15) is 0 Å². The lowest BCUT2D eigenvalue weighted by Crippen LogP contribution is -2.15. The van der Waals surface area contributed by atoms with Gasteiger partial charge in [0, 0.05) is 0 Å². The van der Waals surface area contributed by atoms with E-state index in [0.29, 0.717) is 29.8 Å². The Kier molecular flexibility index (Phi) is 3.69. The molecule has 1 aliphatic heterocycles. The van der Waals surface area contributed by atoms with Gasteiger partial charge >= 0.3 is 5.97 Å². The first-order chi connectivity index (χ1) is 10.3. The number of aryl methyl sites for hydroxylation is 1. The second-order valence-corrected chi connectivity index (χ2v) is 4.80. The summed E-state index contributed by atoms with van der Waals surface area (Å²) in [6.07, 6.45) is 2.44. The van der Waals surface area contributed by atoms with Crippen molar-refractivity contribution in [1.82, 2.24) is 0 Å². The lowest BCUT2D eigenvalue weighted by atomic mass is 10.0. The molecule has 0 saturated heterocycles. The van der Waals surface area contributed by atoms with Gasteiger partial charge in [-0.3, -0.25) is 4.79 Å². The van der Waals surface area contributed by atoms with E-state index in [1.54, 1.807) is 30.3 Å². The van der Waals surface area contributed by atoms with Crippen LogP contribution in [0.3, 0.4) is 0 Å². The lowest BCUT2D eigenvalue weighted by Gasteiger charge is -2.20. The fraction of sp³-hybridized carbons (Fsp3) is 0.176. The van der Waals surface area contributed by atoms with Crippen molar-refractivity contribution in [3.8, 4) is 11.5 Å². The summed E-state index contributed by atoms with van der Waals surface area (Å²) in [5, 5.41) is 0. The molecule has 1 aliphatic rings. The molecule has 0 radical (unpaired) electrons. The number of carbonyl (C=O) groups is 2. The first-order valence-electron chi connectivity index (χ1n) is 6.80. The van der Waals surface area contributed by atoms with Crippen LogP contribution in [0.1, 0.15) is 32.7 Å². The Hall–Kier alpha value is -2.62. The molecule has 21 heavy (non-hydrogen) atoms. The maximum atomic E-state index is 12.2. The number of hydrogen-bond acceptors (Lipinski definition) is 4. The van der Waals surface area contributed by atoms with E-state index in [9.17, 15) is 9.59 Å². The second kappa shape index (κ2) is 5.79. The standard InChI is InChI=1S/C17H14O4/c18-11-14-9-8-12-7-4-10-20-15(12)16(14)21-17(19)13-5-2-1-3-6-13/h1-3,5-6,8-9,11H,4,7,10H2. The second-order valence-electron chi connectivity index (χ2n) is 4.80. The van der Waals surface area contributed by atoms with Gasteiger partial charge in [0.2, 0.25) is 0 Å². The third-order valence-electron chi connectivity index (χ3n) is 3.39. The molecule has 106 valence electrons. The molecule has 0 bridgehead atoms. The van der Waals surface area contributed by atoms with Gasteiger partial charge in [-0.15, -0.1) is 0 Å². The van der Waals surface area contributed by atoms with Gasteiger partial charge in [-0.05, 0) is 36.6 Å². The third-order valence-corrected chi connectivity index (χ3v) is 3.39. The van der Waals surface area contributed by atoms with Crippen molar-refractivity contribution in [2.24, 2.45) is 0 Å². The number of carbonyl (C=O) groups excluding carboxylic acids is 2. The predicted octanol–water partition coefficient (Wildman–Crippen LogP) is 3.04. The molecule has 4 nitrogen and oxygen atoms in total. The fourth-order valence-electron chi connectivity index (χ4n) is 2.33. The molecule has 0 fully saturated rings. The van der Waals surface area contributed by atoms with Crippen molar-refractivity contribution < 1.29 is 19.1 Å². The third kappa shape index (κ3) is 2.65. The van der Waals surface area contributed by atoms with Gasteiger partial charge in [0.25, 0.3) is 0 Å². The van der Waals surface area contributed by atoms with Crippen molar-refractivity contribution in [3.63, 3.8) is 0 Å². The topological polar surface area (TPSA) is 52.6 Å². The Morgan fingerprint density at radius 3 is 2.71 bits per heavy atom. The van der Waals surface area contributed by atoms with Crippen LogP contribution in [0.2, 0.25) is 0 Å². The van der Waals surface area contributed by atoms with Gasteiger partial charge in [0.15, 0.2) is 17.8 Å². The van der Waals surface area contributed by atoms with Crippen molar-refractivity contribution >= 4 is 12.3 Å². The zero-order valence-corrected chi connectivity index (χ0v) is 11.4. The van der Waals surface area contributed by atoms with E-state index >= 15 is 0 Å². The number of hydrogen-bond donors (Lipinski definition) is 0. The average molecular weight is 282 g/mol. The summed E-state index contributed by atoms with van der Waals surface area (Å²) in [5.74, 6) is 0.229. The summed E-state index contributed by atoms with van der Waals surface area (Å²) >= 11 is 0. The van der Waals surface area contributed by atoms with E-state index in [4.69, 9.17) is 9.47 Å². The van der Waals surface area contributed by atoms with Crippen LogP contribution < -0.4 is 9.47 Å². The average Bonchev–Trinajstić information content (AvgIpc) is 2.56. The van der Waals surface area contributed by atoms with Crippen LogP contribution in [0.15, 0.2) is 42.5 Å². The molecule has 0 aliphatic carbocycles. The normalized spacial score (nSPS) is 13.0. The number of aldehydes is 1. The molecule has 0 N–H and O–H groups in total. The summed E-state index contributed by atoms with van der Waals surface area (Å²) < 4.78 is 11.0. The molecule has 3 rings (SSSR count). The summed E-state index contributed by atoms with van der Waals surface area (Å²) in [6, 6.07) is 12.2. The van der Waals surface area contributed by atoms with E-state index in [1.807, 2.05) is 12.1 Å². The summed E-state index contributed by atoms with van der Waals surface area (Å²) in [7, 11) is 0. The Bertz CT molecular complexity index is 677. The van der Waals surface area contributed by atoms with E-state index in [-0.39, 0.29) is 5.75 Å². The smallest absolute Gasteiger partial charge is 0.343 e. The van der Waals surface area contributed by atoms with Crippen molar-refractivity contribution in [3.05, 3.63) is 59.2 Å². The van der Waals surface area contributed by atoms with Crippen LogP contribution in [0.25, 0.3) is 0 Å². The number of ether oxygens (including phenoxy) is 2. The Morgan fingerprint density at radius 2 is 1.95 bits per heavy atom. The number of esters is 1. The number of fused-ring (bicyclic) bond motifs is 1. The predicted molar refractivity (Wildman–Crippen MR) is 77.0 cm³/mol. The molecular weight excluding hydrogens is 268 g/mol. The van der Waals surface area contributed by atoms with Crippen LogP contribution in [0.4, 0.5) is 0 Å². The molecule has 4 heteroatoms. The van der Waals surface area contributed by atoms with Crippen LogP contribution in [0.5, 0.6) is 11.5 Å². The van der Waals surface area contributed by atoms with Crippen LogP contribution in [0, 0.1) is 0 Å². The van der Waals surface area contributed by atoms with Gasteiger partial charge < -0.3 is 9.47 Å². The zero-order chi connectivity index (χ0) is 14.7. The largest absolute Gasteiger partial charge is 0.489 e. The van der Waals surface area contributed by atoms with Gasteiger partial charge in [-0.25, -0.2) is 4.79 Å². The molecule has 2 aromatic rings. The molecule has 1 heterocycles. The molecule has 0 unspecified atom stereocenters. The summed E-state index contributed by atoms with van der Waals surface area (Å²) in [4.78, 5) is 23.4. The SMILES string of the molecule is O=Cc1ccc2c(c1OC(=O)c1ccccc1)OCCC2. The number of rotatable bonds is 3. The number of benzene rings is 2. The van der Waals surface area contributed by atoms with Gasteiger partial charge in [-0.1, -0.05) is 24.3 Å². The van der Waals surface area contributed by atoms with E-state index in [0.717, 1.165) is 18.4 Å². The minimum Gasteiger partial charge on any atom is -0.489 e. The maximum absolute atomic E-state index is 12.2. The summed E-state index contributed by atoms with van der Waals surface area (Å²) in [5.41, 5.74) is 1.71. The monoisotopic (exact) mass is 282 g/mol. The summed E-state index contributed by atoms with van der Waals surface area (Å²) in [6.45, 7) is 0.561. The van der Waals surface area contributed by atoms with Gasteiger partial charge in [0.05, 0.1) is 17.7 Å². The molecule has 2 aromatic carbocycles. The molecular formula is C17H14O4.